The highest BCUT2D eigenvalue weighted by Gasteiger charge is 2.23. The van der Waals surface area contributed by atoms with E-state index in [-0.39, 0.29) is 23.2 Å². The van der Waals surface area contributed by atoms with Crippen molar-refractivity contribution in [1.29, 1.82) is 0 Å². The van der Waals surface area contributed by atoms with Crippen LogP contribution in [0.2, 0.25) is 0 Å². The van der Waals surface area contributed by atoms with E-state index in [1.54, 1.807) is 48.7 Å². The van der Waals surface area contributed by atoms with E-state index in [1.807, 2.05) is 19.9 Å². The minimum Gasteiger partial charge on any atom is -0.350 e. The first-order valence-electron chi connectivity index (χ1n) is 9.60. The van der Waals surface area contributed by atoms with Gasteiger partial charge in [-0.2, -0.15) is 0 Å². The van der Waals surface area contributed by atoms with Crippen molar-refractivity contribution in [2.45, 2.75) is 35.1 Å². The predicted octanol–water partition coefficient (Wildman–Crippen LogP) is 2.85. The largest absolute Gasteiger partial charge is 0.350 e. The van der Waals surface area contributed by atoms with Gasteiger partial charge in [0.2, 0.25) is 5.91 Å². The Morgan fingerprint density at radius 2 is 1.94 bits per heavy atom. The Morgan fingerprint density at radius 1 is 1.16 bits per heavy atom. The fourth-order valence-corrected chi connectivity index (χ4v) is 4.75. The number of nitrogens with one attached hydrogen (secondary N) is 4. The van der Waals surface area contributed by atoms with Gasteiger partial charge in [-0.25, -0.2) is 4.21 Å². The van der Waals surface area contributed by atoms with Crippen LogP contribution in [0.25, 0.3) is 0 Å². The summed E-state index contributed by atoms with van der Waals surface area (Å²) in [5.74, 6) is 0.260. The molecule has 0 fully saturated rings. The Morgan fingerprint density at radius 3 is 2.68 bits per heavy atom. The minimum absolute atomic E-state index is 0.0758. The molecule has 4 rings (SSSR count). The molecule has 2 aromatic rings. The zero-order chi connectivity index (χ0) is 22.0. The van der Waals surface area contributed by atoms with Gasteiger partial charge in [-0.1, -0.05) is 0 Å². The summed E-state index contributed by atoms with van der Waals surface area (Å²) < 4.78 is 15.4. The van der Waals surface area contributed by atoms with Crippen molar-refractivity contribution in [3.8, 4) is 0 Å². The number of benzene rings is 2. The van der Waals surface area contributed by atoms with Gasteiger partial charge in [0.05, 0.1) is 15.8 Å². The first-order chi connectivity index (χ1) is 14.9. The first-order valence-corrected chi connectivity index (χ1v) is 11.6. The molecule has 0 aliphatic carbocycles. The van der Waals surface area contributed by atoms with Crippen LogP contribution in [-0.2, 0) is 15.8 Å². The van der Waals surface area contributed by atoms with Gasteiger partial charge < -0.3 is 16.0 Å². The maximum Gasteiger partial charge on any atom is 0.255 e. The van der Waals surface area contributed by atoms with Crippen molar-refractivity contribution >= 4 is 52.2 Å². The summed E-state index contributed by atoms with van der Waals surface area (Å²) in [4.78, 5) is 30.2. The number of allylic oxidation sites excluding steroid dienone is 1. The van der Waals surface area contributed by atoms with Crippen molar-refractivity contribution in [3.05, 3.63) is 59.9 Å². The second-order valence-electron chi connectivity index (χ2n) is 7.01. The van der Waals surface area contributed by atoms with Crippen molar-refractivity contribution < 1.29 is 13.8 Å². The highest BCUT2D eigenvalue weighted by Crippen LogP contribution is 2.36. The molecule has 3 atom stereocenters. The molecule has 0 saturated heterocycles. The molecule has 0 saturated carbocycles. The first kappa shape index (κ1) is 21.1. The number of hydrogen-bond donors (Lipinski definition) is 4. The molecule has 10 heteroatoms. The number of aliphatic imine (C=N–C) groups is 1. The minimum atomic E-state index is -1.46. The van der Waals surface area contributed by atoms with E-state index in [4.69, 9.17) is 0 Å². The topological polar surface area (TPSA) is 112 Å². The average molecular weight is 456 g/mol. The lowest BCUT2D eigenvalue weighted by Gasteiger charge is -2.21. The van der Waals surface area contributed by atoms with E-state index in [1.165, 1.54) is 11.8 Å². The van der Waals surface area contributed by atoms with Gasteiger partial charge >= 0.3 is 0 Å². The third kappa shape index (κ3) is 4.97. The van der Waals surface area contributed by atoms with Crippen LogP contribution in [-0.4, -0.2) is 33.7 Å². The molecule has 3 unspecified atom stereocenters. The lowest BCUT2D eigenvalue weighted by molar-refractivity contribution is -0.115. The molecule has 0 aromatic heterocycles. The number of hydrogen-bond acceptors (Lipinski definition) is 6. The van der Waals surface area contributed by atoms with Gasteiger partial charge in [-0.3, -0.25) is 19.3 Å². The summed E-state index contributed by atoms with van der Waals surface area (Å²) in [7, 11) is -1.46. The fraction of sp³-hybridized carbons (Fsp3) is 0.190. The monoisotopic (exact) mass is 455 g/mol. The smallest absolute Gasteiger partial charge is 0.255 e. The molecule has 0 spiro atoms. The van der Waals surface area contributed by atoms with Crippen molar-refractivity contribution in [3.63, 3.8) is 0 Å². The molecule has 2 aromatic carbocycles. The van der Waals surface area contributed by atoms with E-state index in [0.717, 1.165) is 4.90 Å². The van der Waals surface area contributed by atoms with E-state index in [2.05, 4.69) is 25.7 Å². The highest BCUT2D eigenvalue weighted by molar-refractivity contribution is 8.01. The summed E-state index contributed by atoms with van der Waals surface area (Å²) in [6.07, 6.45) is 3.29. The molecular formula is C21H21N5O3S2. The average Bonchev–Trinajstić information content (AvgIpc) is 2.74. The van der Waals surface area contributed by atoms with Gasteiger partial charge in [0, 0.05) is 22.4 Å². The van der Waals surface area contributed by atoms with Crippen LogP contribution in [0, 0.1) is 0 Å². The van der Waals surface area contributed by atoms with Crippen molar-refractivity contribution in [2.24, 2.45) is 4.99 Å². The molecule has 0 bridgehead atoms. The molecule has 2 aliphatic rings. The maximum atomic E-state index is 12.6. The second-order valence-corrected chi connectivity index (χ2v) is 9.60. The number of fused-ring (bicyclic) bond motifs is 1. The molecule has 160 valence electrons. The fourth-order valence-electron chi connectivity index (χ4n) is 2.99. The molecule has 4 N–H and O–H groups in total. The van der Waals surface area contributed by atoms with Crippen LogP contribution in [0.4, 0.5) is 11.4 Å². The Kier molecular flexibility index (Phi) is 6.10. The zero-order valence-electron chi connectivity index (χ0n) is 16.8. The van der Waals surface area contributed by atoms with Crippen molar-refractivity contribution in [1.82, 2.24) is 10.0 Å². The van der Waals surface area contributed by atoms with Gasteiger partial charge in [0.25, 0.3) is 5.91 Å². The van der Waals surface area contributed by atoms with Crippen LogP contribution < -0.4 is 20.7 Å². The van der Waals surface area contributed by atoms with E-state index < -0.39 is 11.0 Å². The van der Waals surface area contributed by atoms with Gasteiger partial charge in [-0.15, -0.1) is 11.8 Å². The van der Waals surface area contributed by atoms with E-state index >= 15 is 0 Å². The number of thioether (sulfide) groups is 1. The van der Waals surface area contributed by atoms with Crippen LogP contribution in [0.1, 0.15) is 24.2 Å². The highest BCUT2D eigenvalue weighted by atomic mass is 32.2. The Balaban J connectivity index is 1.40. The lowest BCUT2D eigenvalue weighted by atomic mass is 10.1. The zero-order valence-corrected chi connectivity index (χ0v) is 18.5. The quantitative estimate of drug-likeness (QED) is 0.554. The summed E-state index contributed by atoms with van der Waals surface area (Å²) >= 11 is 1.47. The predicted molar refractivity (Wildman–Crippen MR) is 124 cm³/mol. The molecular weight excluding hydrogens is 434 g/mol. The second kappa shape index (κ2) is 8.94. The lowest BCUT2D eigenvalue weighted by Crippen LogP contribution is -2.35. The molecule has 2 amide bonds. The maximum absolute atomic E-state index is 12.6. The molecule has 2 heterocycles. The normalized spacial score (nSPS) is 20.6. The van der Waals surface area contributed by atoms with E-state index in [9.17, 15) is 13.8 Å². The van der Waals surface area contributed by atoms with Crippen molar-refractivity contribution in [2.75, 3.05) is 10.6 Å². The number of anilines is 2. The van der Waals surface area contributed by atoms with Gasteiger partial charge in [0.1, 0.15) is 12.0 Å². The summed E-state index contributed by atoms with van der Waals surface area (Å²) in [5, 5.41) is 8.56. The van der Waals surface area contributed by atoms with Gasteiger partial charge in [-0.05, 0) is 62.4 Å². The molecule has 0 radical (unpaired) electrons. The van der Waals surface area contributed by atoms with Crippen LogP contribution in [0.5, 0.6) is 0 Å². The van der Waals surface area contributed by atoms with Gasteiger partial charge in [0.15, 0.2) is 11.0 Å². The number of amides is 2. The third-order valence-electron chi connectivity index (χ3n) is 4.62. The van der Waals surface area contributed by atoms with E-state index in [0.29, 0.717) is 27.7 Å². The van der Waals surface area contributed by atoms with Crippen LogP contribution >= 0.6 is 11.8 Å². The van der Waals surface area contributed by atoms with Crippen LogP contribution in [0.15, 0.2) is 69.1 Å². The molecule has 31 heavy (non-hydrogen) atoms. The third-order valence-corrected chi connectivity index (χ3v) is 6.90. The Labute approximate surface area is 186 Å². The number of nitrogens with zero attached hydrogens (tertiary/aromatic N) is 1. The summed E-state index contributed by atoms with van der Waals surface area (Å²) in [6.45, 7) is 3.73. The number of rotatable bonds is 5. The molecule has 2 aliphatic heterocycles. The summed E-state index contributed by atoms with van der Waals surface area (Å²) in [6, 6.07) is 12.0. The SMILES string of the molecule is CC1N=CC=C(NS(=O)c2ccc(NC(=O)c3ccc4c(c3)NC(=O)C(C)S4)cc2)N1. The Bertz CT molecular complexity index is 1110. The van der Waals surface area contributed by atoms with Crippen LogP contribution in [0.3, 0.4) is 0 Å². The summed E-state index contributed by atoms with van der Waals surface area (Å²) in [5.41, 5.74) is 1.66. The molecule has 8 nitrogen and oxygen atoms in total. The number of carbonyl (C=O) groups excluding carboxylic acids is 2. The Hall–Kier alpha value is -3.11. The standard InChI is InChI=1S/C21H21N5O3S2/c1-12-20(27)25-17-11-14(3-8-18(17)30-12)21(28)24-15-4-6-16(7-5-15)31(29)26-19-9-10-22-13(2)23-19/h3-13,23,26H,1-2H3,(H,24,28)(H,25,27). The number of carbonyl (C=O) groups is 2.